The maximum Gasteiger partial charge on any atom is 0.340 e. The van der Waals surface area contributed by atoms with E-state index >= 15 is 0 Å². The van der Waals surface area contributed by atoms with Crippen LogP contribution in [-0.2, 0) is 14.3 Å². The second-order valence-corrected chi connectivity index (χ2v) is 5.30. The molecular formula is C16H19ClN2O3. The summed E-state index contributed by atoms with van der Waals surface area (Å²) in [7, 11) is 0. The van der Waals surface area contributed by atoms with Gasteiger partial charge in [0.2, 0.25) is 6.04 Å². The first-order valence-electron chi connectivity index (χ1n) is 7.30. The van der Waals surface area contributed by atoms with Crippen LogP contribution in [-0.4, -0.2) is 41.8 Å². The van der Waals surface area contributed by atoms with Gasteiger partial charge in [-0.15, -0.1) is 12.4 Å². The van der Waals surface area contributed by atoms with Crippen LogP contribution in [0.4, 0.5) is 0 Å². The van der Waals surface area contributed by atoms with Gasteiger partial charge >= 0.3 is 5.97 Å². The minimum atomic E-state index is -0.991. The van der Waals surface area contributed by atoms with Gasteiger partial charge in [-0.2, -0.15) is 0 Å². The van der Waals surface area contributed by atoms with Crippen molar-refractivity contribution in [2.45, 2.75) is 31.7 Å². The van der Waals surface area contributed by atoms with Crippen LogP contribution in [0.1, 0.15) is 31.2 Å². The zero-order valence-electron chi connectivity index (χ0n) is 12.4. The van der Waals surface area contributed by atoms with Crippen LogP contribution in [0.25, 0.3) is 0 Å². The largest absolute Gasteiger partial charge is 0.464 e. The Balaban J connectivity index is 0.00000176. The SMILES string of the molecule is CCOC(=O)C1N=C2CCC(c3ccccc3)CN2C1=O.Cl. The van der Waals surface area contributed by atoms with E-state index in [2.05, 4.69) is 17.1 Å². The molecule has 2 atom stereocenters. The number of carbonyl (C=O) groups excluding carboxylic acids is 2. The van der Waals surface area contributed by atoms with Gasteiger partial charge in [-0.05, 0) is 18.9 Å². The molecule has 0 radical (unpaired) electrons. The lowest BCUT2D eigenvalue weighted by Gasteiger charge is -2.30. The maximum absolute atomic E-state index is 12.3. The van der Waals surface area contributed by atoms with Crippen molar-refractivity contribution in [1.29, 1.82) is 0 Å². The molecule has 0 aromatic heterocycles. The van der Waals surface area contributed by atoms with Crippen LogP contribution in [0.2, 0.25) is 0 Å². The van der Waals surface area contributed by atoms with Crippen LogP contribution in [0.3, 0.4) is 0 Å². The molecule has 1 aromatic carbocycles. The zero-order valence-corrected chi connectivity index (χ0v) is 13.2. The van der Waals surface area contributed by atoms with Gasteiger partial charge in [0.05, 0.1) is 6.61 Å². The Morgan fingerprint density at radius 3 is 2.77 bits per heavy atom. The summed E-state index contributed by atoms with van der Waals surface area (Å²) in [5.41, 5.74) is 1.23. The van der Waals surface area contributed by atoms with Gasteiger partial charge in [-0.3, -0.25) is 9.69 Å². The van der Waals surface area contributed by atoms with Crippen LogP contribution < -0.4 is 0 Å². The highest BCUT2D eigenvalue weighted by molar-refractivity contribution is 6.15. The summed E-state index contributed by atoms with van der Waals surface area (Å²) < 4.78 is 4.92. The molecule has 0 bridgehead atoms. The summed E-state index contributed by atoms with van der Waals surface area (Å²) >= 11 is 0. The molecule has 0 aliphatic carbocycles. The third-order valence-electron chi connectivity index (χ3n) is 3.99. The van der Waals surface area contributed by atoms with Gasteiger partial charge < -0.3 is 4.74 Å². The fourth-order valence-electron chi connectivity index (χ4n) is 2.93. The van der Waals surface area contributed by atoms with E-state index in [4.69, 9.17) is 4.74 Å². The van der Waals surface area contributed by atoms with Crippen molar-refractivity contribution in [3.8, 4) is 0 Å². The molecule has 5 nitrogen and oxygen atoms in total. The van der Waals surface area contributed by atoms with E-state index < -0.39 is 12.0 Å². The van der Waals surface area contributed by atoms with Crippen molar-refractivity contribution in [1.82, 2.24) is 4.90 Å². The monoisotopic (exact) mass is 322 g/mol. The molecular weight excluding hydrogens is 304 g/mol. The summed E-state index contributed by atoms with van der Waals surface area (Å²) in [6.45, 7) is 2.58. The number of benzene rings is 1. The minimum absolute atomic E-state index is 0. The molecule has 6 heteroatoms. The van der Waals surface area contributed by atoms with Gasteiger partial charge in [0.1, 0.15) is 5.84 Å². The number of hydrogen-bond acceptors (Lipinski definition) is 4. The lowest BCUT2D eigenvalue weighted by Crippen LogP contribution is -2.43. The third-order valence-corrected chi connectivity index (χ3v) is 3.99. The maximum atomic E-state index is 12.3. The lowest BCUT2D eigenvalue weighted by atomic mass is 9.90. The average Bonchev–Trinajstić information content (AvgIpc) is 2.85. The first kappa shape index (κ1) is 16.5. The summed E-state index contributed by atoms with van der Waals surface area (Å²) in [5.74, 6) is 0.241. The second-order valence-electron chi connectivity index (χ2n) is 5.30. The second kappa shape index (κ2) is 6.92. The van der Waals surface area contributed by atoms with E-state index in [1.165, 1.54) is 5.56 Å². The number of fused-ring (bicyclic) bond motifs is 1. The molecule has 2 aliphatic heterocycles. The molecule has 0 saturated carbocycles. The molecule has 1 fully saturated rings. The van der Waals surface area contributed by atoms with E-state index in [1.807, 2.05) is 18.2 Å². The molecule has 3 rings (SSSR count). The fraction of sp³-hybridized carbons (Fsp3) is 0.438. The fourth-order valence-corrected chi connectivity index (χ4v) is 2.93. The number of amidine groups is 1. The van der Waals surface area contributed by atoms with E-state index in [-0.39, 0.29) is 24.9 Å². The molecule has 22 heavy (non-hydrogen) atoms. The minimum Gasteiger partial charge on any atom is -0.464 e. The molecule has 0 spiro atoms. The van der Waals surface area contributed by atoms with Crippen molar-refractivity contribution in [2.24, 2.45) is 4.99 Å². The first-order valence-corrected chi connectivity index (χ1v) is 7.30. The molecule has 2 unspecified atom stereocenters. The zero-order chi connectivity index (χ0) is 14.8. The summed E-state index contributed by atoms with van der Waals surface area (Å²) in [6.07, 6.45) is 1.67. The number of nitrogens with zero attached hydrogens (tertiary/aromatic N) is 2. The molecule has 1 aromatic rings. The number of aliphatic imine (C=N–C) groups is 1. The molecule has 1 saturated heterocycles. The lowest BCUT2D eigenvalue weighted by molar-refractivity contribution is -0.148. The van der Waals surface area contributed by atoms with E-state index in [0.29, 0.717) is 12.5 Å². The molecule has 1 amide bonds. The van der Waals surface area contributed by atoms with Crippen LogP contribution in [0.15, 0.2) is 35.3 Å². The molecule has 2 aliphatic rings. The topological polar surface area (TPSA) is 59.0 Å². The number of carbonyl (C=O) groups is 2. The average molecular weight is 323 g/mol. The Bertz CT molecular complexity index is 588. The Morgan fingerprint density at radius 1 is 1.36 bits per heavy atom. The number of hydrogen-bond donors (Lipinski definition) is 0. The predicted octanol–water partition coefficient (Wildman–Crippen LogP) is 2.16. The van der Waals surface area contributed by atoms with E-state index in [0.717, 1.165) is 18.7 Å². The highest BCUT2D eigenvalue weighted by atomic mass is 35.5. The Morgan fingerprint density at radius 2 is 2.09 bits per heavy atom. The molecule has 2 heterocycles. The van der Waals surface area contributed by atoms with Crippen molar-refractivity contribution >= 4 is 30.1 Å². The highest BCUT2D eigenvalue weighted by Gasteiger charge is 2.42. The molecule has 118 valence electrons. The van der Waals surface area contributed by atoms with Crippen molar-refractivity contribution in [2.75, 3.05) is 13.2 Å². The van der Waals surface area contributed by atoms with Gasteiger partial charge in [-0.25, -0.2) is 9.79 Å². The van der Waals surface area contributed by atoms with Crippen LogP contribution >= 0.6 is 12.4 Å². The highest BCUT2D eigenvalue weighted by Crippen LogP contribution is 2.31. The first-order chi connectivity index (χ1) is 10.2. The van der Waals surface area contributed by atoms with Gasteiger partial charge in [0.15, 0.2) is 0 Å². The third kappa shape index (κ3) is 2.99. The summed E-state index contributed by atoms with van der Waals surface area (Å²) in [4.78, 5) is 30.0. The van der Waals surface area contributed by atoms with Crippen LogP contribution in [0.5, 0.6) is 0 Å². The van der Waals surface area contributed by atoms with Crippen molar-refractivity contribution < 1.29 is 14.3 Å². The standard InChI is InChI=1S/C16H18N2O3.ClH/c1-2-21-16(20)14-15(19)18-10-12(8-9-13(18)17-14)11-6-4-3-5-7-11;/h3-7,12,14H,2,8-10H2,1H3;1H. The summed E-state index contributed by atoms with van der Waals surface area (Å²) in [5, 5.41) is 0. The normalized spacial score (nSPS) is 23.4. The van der Waals surface area contributed by atoms with Crippen molar-refractivity contribution in [3.63, 3.8) is 0 Å². The number of piperidine rings is 1. The summed E-state index contributed by atoms with van der Waals surface area (Å²) in [6, 6.07) is 9.16. The predicted molar refractivity (Wildman–Crippen MR) is 85.2 cm³/mol. The Labute approximate surface area is 135 Å². The Hall–Kier alpha value is -1.88. The number of rotatable bonds is 3. The smallest absolute Gasteiger partial charge is 0.340 e. The quantitative estimate of drug-likeness (QED) is 0.633. The van der Waals surface area contributed by atoms with E-state index in [1.54, 1.807) is 11.8 Å². The number of amides is 1. The van der Waals surface area contributed by atoms with Gasteiger partial charge in [0.25, 0.3) is 5.91 Å². The van der Waals surface area contributed by atoms with Gasteiger partial charge in [-0.1, -0.05) is 30.3 Å². The number of esters is 1. The van der Waals surface area contributed by atoms with Crippen LogP contribution in [0, 0.1) is 0 Å². The Kier molecular flexibility index (Phi) is 5.19. The number of halogens is 1. The van der Waals surface area contributed by atoms with Gasteiger partial charge in [0, 0.05) is 18.9 Å². The van der Waals surface area contributed by atoms with E-state index in [9.17, 15) is 9.59 Å². The van der Waals surface area contributed by atoms with Crippen molar-refractivity contribution in [3.05, 3.63) is 35.9 Å². The number of ether oxygens (including phenoxy) is 1. The molecule has 0 N–H and O–H groups in total.